The second-order valence-electron chi connectivity index (χ2n) is 21.7. The van der Waals surface area contributed by atoms with Crippen LogP contribution in [0.4, 0.5) is 17.1 Å². The Morgan fingerprint density at radius 1 is 0.286 bits per heavy atom. The van der Waals surface area contributed by atoms with Crippen LogP contribution in [0.25, 0.3) is 44.5 Å². The maximum Gasteiger partial charge on any atom is 0.0468 e. The van der Waals surface area contributed by atoms with Crippen LogP contribution in [0.2, 0.25) is 0 Å². The first-order chi connectivity index (χ1) is 31.1. The minimum Gasteiger partial charge on any atom is -0.310 e. The van der Waals surface area contributed by atoms with Gasteiger partial charge >= 0.3 is 0 Å². The Hall–Kier alpha value is -5.66. The predicted octanol–water partition coefficient (Wildman–Crippen LogP) is 15.9. The largest absolute Gasteiger partial charge is 0.310 e. The maximum absolute atomic E-state index is 2.62. The molecule has 0 heterocycles. The van der Waals surface area contributed by atoms with Crippen molar-refractivity contribution in [2.45, 2.75) is 75.0 Å². The van der Waals surface area contributed by atoms with Crippen LogP contribution in [0.5, 0.6) is 0 Å². The molecule has 308 valence electrons. The van der Waals surface area contributed by atoms with E-state index in [9.17, 15) is 0 Å². The quantitative estimate of drug-likeness (QED) is 0.167. The number of hydrogen-bond acceptors (Lipinski definition) is 1. The molecule has 0 atom stereocenters. The van der Waals surface area contributed by atoms with Crippen molar-refractivity contribution in [1.82, 2.24) is 0 Å². The van der Waals surface area contributed by atoms with Crippen LogP contribution in [0.15, 0.2) is 164 Å². The van der Waals surface area contributed by atoms with Gasteiger partial charge in [0.2, 0.25) is 0 Å². The van der Waals surface area contributed by atoms with Gasteiger partial charge in [-0.3, -0.25) is 0 Å². The van der Waals surface area contributed by atoms with Gasteiger partial charge in [0.05, 0.1) is 0 Å². The predicted molar refractivity (Wildman–Crippen MR) is 259 cm³/mol. The molecule has 8 bridgehead atoms. The summed E-state index contributed by atoms with van der Waals surface area (Å²) in [5, 5.41) is 0. The summed E-state index contributed by atoms with van der Waals surface area (Å²) in [6.07, 6.45) is 14.2. The monoisotopic (exact) mass is 813 g/mol. The molecule has 10 aliphatic rings. The molecule has 1 heteroatoms. The second-order valence-corrected chi connectivity index (χ2v) is 21.7. The Kier molecular flexibility index (Phi) is 7.36. The Bertz CT molecular complexity index is 2790. The normalized spacial score (nSPS) is 31.6. The molecular weight excluding hydrogens is 759 g/mol. The summed E-state index contributed by atoms with van der Waals surface area (Å²) >= 11 is 0. The lowest BCUT2D eigenvalue weighted by Crippen LogP contribution is -2.55. The minimum absolute atomic E-state index is 0.158. The molecule has 8 saturated carbocycles. The van der Waals surface area contributed by atoms with Gasteiger partial charge in [-0.05, 0) is 215 Å². The number of nitrogens with zero attached hydrogens (tertiary/aromatic N) is 1. The molecule has 7 aromatic rings. The number of benzene rings is 7. The van der Waals surface area contributed by atoms with Crippen LogP contribution >= 0.6 is 0 Å². The molecule has 7 aromatic carbocycles. The van der Waals surface area contributed by atoms with Crippen LogP contribution in [0.1, 0.15) is 86.5 Å². The molecule has 2 spiro atoms. The SMILES string of the molecule is c1ccc(-c2ccc(N(c3ccc4c(c3)-c3ccccc3[C@]43[C@@H]4CC5C[C@H](C4)C[C@H]3C5)c3ccc4c(c3)-c3ccccc3[C@]43[C@@H]4CC5C[C@@H](C4)C[C@@H]3C5)cc2-c2ccccc2)cc1. The lowest BCUT2D eigenvalue weighted by Gasteiger charge is -2.61. The van der Waals surface area contributed by atoms with E-state index in [0.717, 1.165) is 47.3 Å². The first-order valence-electron chi connectivity index (χ1n) is 24.7. The van der Waals surface area contributed by atoms with E-state index < -0.39 is 0 Å². The summed E-state index contributed by atoms with van der Waals surface area (Å²) < 4.78 is 0. The van der Waals surface area contributed by atoms with Crippen LogP contribution in [0.3, 0.4) is 0 Å². The number of rotatable bonds is 5. The molecule has 1 nitrogen and oxygen atoms in total. The molecule has 8 fully saturated rings. The summed E-state index contributed by atoms with van der Waals surface area (Å²) in [5.41, 5.74) is 21.5. The van der Waals surface area contributed by atoms with Gasteiger partial charge in [0, 0.05) is 27.9 Å². The topological polar surface area (TPSA) is 3.24 Å². The summed E-state index contributed by atoms with van der Waals surface area (Å²) in [5.74, 6) is 6.76. The van der Waals surface area contributed by atoms with E-state index in [4.69, 9.17) is 0 Å². The molecule has 0 aliphatic heterocycles. The van der Waals surface area contributed by atoms with Crippen molar-refractivity contribution < 1.29 is 0 Å². The van der Waals surface area contributed by atoms with E-state index in [2.05, 4.69) is 169 Å². The van der Waals surface area contributed by atoms with Crippen LogP contribution < -0.4 is 4.90 Å². The molecule has 10 aliphatic carbocycles. The highest BCUT2D eigenvalue weighted by atomic mass is 15.1. The Balaban J connectivity index is 0.948. The molecule has 17 rings (SSSR count). The third kappa shape index (κ3) is 4.74. The van der Waals surface area contributed by atoms with Crippen molar-refractivity contribution in [3.05, 3.63) is 186 Å². The van der Waals surface area contributed by atoms with Gasteiger partial charge in [0.1, 0.15) is 0 Å². The fourth-order valence-corrected chi connectivity index (χ4v) is 17.4. The van der Waals surface area contributed by atoms with E-state index in [1.807, 2.05) is 0 Å². The fourth-order valence-electron chi connectivity index (χ4n) is 17.4. The highest BCUT2D eigenvalue weighted by molar-refractivity contribution is 5.93. The van der Waals surface area contributed by atoms with Gasteiger partial charge < -0.3 is 4.90 Å². The van der Waals surface area contributed by atoms with Gasteiger partial charge in [-0.15, -0.1) is 0 Å². The molecule has 0 aromatic heterocycles. The summed E-state index contributed by atoms with van der Waals surface area (Å²) in [7, 11) is 0. The molecule has 0 N–H and O–H groups in total. The zero-order valence-electron chi connectivity index (χ0n) is 36.2. The first kappa shape index (κ1) is 35.8. The average molecular weight is 814 g/mol. The summed E-state index contributed by atoms with van der Waals surface area (Å²) in [6.45, 7) is 0. The van der Waals surface area contributed by atoms with Gasteiger partial charge in [0.25, 0.3) is 0 Å². The molecule has 0 radical (unpaired) electrons. The molecular formula is C62H55N. The number of fused-ring (bicyclic) bond motifs is 6. The Morgan fingerprint density at radius 3 is 1.08 bits per heavy atom. The number of anilines is 3. The lowest BCUT2D eigenvalue weighted by molar-refractivity contribution is -0.0399. The lowest BCUT2D eigenvalue weighted by atomic mass is 9.43. The first-order valence-corrected chi connectivity index (χ1v) is 24.7. The average Bonchev–Trinajstić information content (AvgIpc) is 3.78. The van der Waals surface area contributed by atoms with Crippen molar-refractivity contribution >= 4 is 17.1 Å². The molecule has 0 unspecified atom stereocenters. The standard InChI is InChI=1S/C62H55N/c1-3-11-42(12-4-1)51-22-19-48(35-54(51)43-13-5-2-6-14-43)63(49-20-23-59-55(36-49)52-15-7-9-17-57(52)61(59)44-27-38-25-39(29-44)30-45(61)28-38)50-21-24-60-56(37-50)53-16-8-10-18-58(53)62(60)46-31-40-26-41(33-46)34-47(62)32-40/h1-24,35-41,44-47H,25-34H2/t38-,39?,40-,41?,44-,45-,46-,47+,61-,62+/m0/s1. The van der Waals surface area contributed by atoms with Crippen molar-refractivity contribution in [2.24, 2.45) is 47.3 Å². The van der Waals surface area contributed by atoms with Crippen molar-refractivity contribution in [3.8, 4) is 44.5 Å². The van der Waals surface area contributed by atoms with Gasteiger partial charge in [-0.25, -0.2) is 0 Å². The van der Waals surface area contributed by atoms with E-state index >= 15 is 0 Å². The summed E-state index contributed by atoms with van der Waals surface area (Å²) in [6, 6.07) is 64.1. The molecule has 0 saturated heterocycles. The third-order valence-corrected chi connectivity index (χ3v) is 19.0. The van der Waals surface area contributed by atoms with Crippen LogP contribution in [0, 0.1) is 47.3 Å². The zero-order valence-corrected chi connectivity index (χ0v) is 36.2. The molecule has 63 heavy (non-hydrogen) atoms. The van der Waals surface area contributed by atoms with Crippen molar-refractivity contribution in [3.63, 3.8) is 0 Å². The van der Waals surface area contributed by atoms with Gasteiger partial charge in [-0.2, -0.15) is 0 Å². The highest BCUT2D eigenvalue weighted by Crippen LogP contribution is 2.71. The number of hydrogen-bond donors (Lipinski definition) is 0. The van der Waals surface area contributed by atoms with Crippen molar-refractivity contribution in [1.29, 1.82) is 0 Å². The Morgan fingerprint density at radius 2 is 0.635 bits per heavy atom. The summed E-state index contributed by atoms with van der Waals surface area (Å²) in [4.78, 5) is 2.62. The van der Waals surface area contributed by atoms with Gasteiger partial charge in [-0.1, -0.05) is 127 Å². The molecule has 0 amide bonds. The maximum atomic E-state index is 2.62. The van der Waals surface area contributed by atoms with E-state index in [0.29, 0.717) is 0 Å². The van der Waals surface area contributed by atoms with Gasteiger partial charge in [0.15, 0.2) is 0 Å². The van der Waals surface area contributed by atoms with Crippen molar-refractivity contribution in [2.75, 3.05) is 4.90 Å². The fraction of sp³-hybridized carbons (Fsp3) is 0.323. The van der Waals surface area contributed by atoms with E-state index in [1.165, 1.54) is 126 Å². The third-order valence-electron chi connectivity index (χ3n) is 19.0. The van der Waals surface area contributed by atoms with Crippen LogP contribution in [-0.2, 0) is 10.8 Å². The minimum atomic E-state index is 0.158. The second kappa shape index (κ2) is 13.0. The Labute approximate surface area is 373 Å². The zero-order chi connectivity index (χ0) is 41.0. The smallest absolute Gasteiger partial charge is 0.0468 e. The highest BCUT2D eigenvalue weighted by Gasteiger charge is 2.63. The van der Waals surface area contributed by atoms with Crippen LogP contribution in [-0.4, -0.2) is 0 Å². The van der Waals surface area contributed by atoms with E-state index in [-0.39, 0.29) is 10.8 Å². The van der Waals surface area contributed by atoms with E-state index in [1.54, 1.807) is 22.3 Å².